The molecule has 0 saturated heterocycles. The maximum Gasteiger partial charge on any atom is 0.346 e. The van der Waals surface area contributed by atoms with E-state index in [0.29, 0.717) is 12.1 Å². The second-order valence-corrected chi connectivity index (χ2v) is 6.19. The first kappa shape index (κ1) is 17.3. The number of carbonyl (C=O) groups is 1. The fourth-order valence-corrected chi connectivity index (χ4v) is 2.93. The summed E-state index contributed by atoms with van der Waals surface area (Å²) in [5.74, 6) is -0.0722. The number of nitrogens with one attached hydrogen (secondary N) is 1. The first-order valence-electron chi connectivity index (χ1n) is 8.41. The molecule has 1 aliphatic heterocycles. The molecule has 25 heavy (non-hydrogen) atoms. The molecule has 1 aliphatic rings. The third-order valence-corrected chi connectivity index (χ3v) is 4.32. The summed E-state index contributed by atoms with van der Waals surface area (Å²) >= 11 is 0. The van der Waals surface area contributed by atoms with Crippen molar-refractivity contribution in [2.24, 2.45) is 0 Å². The predicted molar refractivity (Wildman–Crippen MR) is 88.4 cm³/mol. The molecule has 8 heteroatoms. The SMILES string of the molecule is O=C(Cn1nc2n(c1=O)CCCCC2)NCC(O)c1ccc(F)cc1. The summed E-state index contributed by atoms with van der Waals surface area (Å²) in [6.07, 6.45) is 2.80. The van der Waals surface area contributed by atoms with E-state index in [-0.39, 0.29) is 24.6 Å². The molecule has 1 unspecified atom stereocenters. The van der Waals surface area contributed by atoms with E-state index in [2.05, 4.69) is 10.4 Å². The highest BCUT2D eigenvalue weighted by atomic mass is 19.1. The van der Waals surface area contributed by atoms with Crippen molar-refractivity contribution >= 4 is 5.91 Å². The zero-order valence-corrected chi connectivity index (χ0v) is 13.8. The molecule has 2 aromatic rings. The Morgan fingerprint density at radius 3 is 2.80 bits per heavy atom. The summed E-state index contributed by atoms with van der Waals surface area (Å²) in [6.45, 7) is 0.431. The Hall–Kier alpha value is -2.48. The van der Waals surface area contributed by atoms with Gasteiger partial charge in [0.1, 0.15) is 18.2 Å². The number of rotatable bonds is 5. The van der Waals surface area contributed by atoms with E-state index >= 15 is 0 Å². The number of aliphatic hydroxyl groups is 1. The van der Waals surface area contributed by atoms with E-state index < -0.39 is 12.0 Å². The van der Waals surface area contributed by atoms with Crippen LogP contribution in [0, 0.1) is 5.82 Å². The monoisotopic (exact) mass is 348 g/mol. The molecular weight excluding hydrogens is 327 g/mol. The van der Waals surface area contributed by atoms with Gasteiger partial charge >= 0.3 is 5.69 Å². The maximum atomic E-state index is 12.9. The number of fused-ring (bicyclic) bond motifs is 1. The van der Waals surface area contributed by atoms with Gasteiger partial charge in [0.2, 0.25) is 5.91 Å². The van der Waals surface area contributed by atoms with E-state index in [1.54, 1.807) is 4.57 Å². The molecule has 2 N–H and O–H groups in total. The van der Waals surface area contributed by atoms with Crippen LogP contribution >= 0.6 is 0 Å². The highest BCUT2D eigenvalue weighted by molar-refractivity contribution is 5.75. The van der Waals surface area contributed by atoms with Crippen LogP contribution in [0.3, 0.4) is 0 Å². The van der Waals surface area contributed by atoms with Crippen molar-refractivity contribution in [1.82, 2.24) is 19.7 Å². The van der Waals surface area contributed by atoms with Gasteiger partial charge in [0.25, 0.3) is 0 Å². The van der Waals surface area contributed by atoms with Gasteiger partial charge in [-0.3, -0.25) is 9.36 Å². The number of nitrogens with zero attached hydrogens (tertiary/aromatic N) is 3. The number of halogens is 1. The lowest BCUT2D eigenvalue weighted by Crippen LogP contribution is -2.35. The quantitative estimate of drug-likeness (QED) is 0.835. The largest absolute Gasteiger partial charge is 0.387 e. The first-order valence-corrected chi connectivity index (χ1v) is 8.41. The molecule has 0 bridgehead atoms. The third-order valence-electron chi connectivity index (χ3n) is 4.32. The van der Waals surface area contributed by atoms with Crippen molar-refractivity contribution in [3.63, 3.8) is 0 Å². The van der Waals surface area contributed by atoms with Gasteiger partial charge in [-0.2, -0.15) is 5.10 Å². The van der Waals surface area contributed by atoms with Crippen LogP contribution in [0.15, 0.2) is 29.1 Å². The predicted octanol–water partition coefficient (Wildman–Crippen LogP) is 0.760. The molecule has 0 aliphatic carbocycles. The number of hydrogen-bond acceptors (Lipinski definition) is 4. The molecule has 3 rings (SSSR count). The standard InChI is InChI=1S/C17H21FN4O3/c18-13-7-5-12(6-8-13)14(23)10-19-16(24)11-22-17(25)21-9-3-1-2-4-15(21)20-22/h5-8,14,23H,1-4,9-11H2,(H,19,24). The highest BCUT2D eigenvalue weighted by Gasteiger charge is 2.17. The molecule has 0 radical (unpaired) electrons. The van der Waals surface area contributed by atoms with Crippen molar-refractivity contribution in [1.29, 1.82) is 0 Å². The number of benzene rings is 1. The van der Waals surface area contributed by atoms with Crippen molar-refractivity contribution in [2.45, 2.75) is 44.9 Å². The maximum absolute atomic E-state index is 12.9. The van der Waals surface area contributed by atoms with Crippen LogP contribution in [-0.2, 0) is 24.3 Å². The van der Waals surface area contributed by atoms with Crippen LogP contribution in [-0.4, -0.2) is 31.9 Å². The summed E-state index contributed by atoms with van der Waals surface area (Å²) in [4.78, 5) is 24.3. The van der Waals surface area contributed by atoms with Crippen molar-refractivity contribution in [3.05, 3.63) is 52.0 Å². The van der Waals surface area contributed by atoms with Gasteiger partial charge in [-0.25, -0.2) is 13.9 Å². The van der Waals surface area contributed by atoms with Gasteiger partial charge in [0.05, 0.1) is 6.10 Å². The number of aliphatic hydroxyl groups excluding tert-OH is 1. The minimum absolute atomic E-state index is 0.0210. The van der Waals surface area contributed by atoms with Gasteiger partial charge in [-0.1, -0.05) is 18.6 Å². The van der Waals surface area contributed by atoms with Crippen LogP contribution in [0.5, 0.6) is 0 Å². The Kier molecular flexibility index (Phi) is 5.28. The summed E-state index contributed by atoms with van der Waals surface area (Å²) in [5.41, 5.74) is 0.235. The lowest BCUT2D eigenvalue weighted by Gasteiger charge is -2.12. The zero-order valence-electron chi connectivity index (χ0n) is 13.8. The number of aromatic nitrogens is 3. The lowest BCUT2D eigenvalue weighted by molar-refractivity contribution is -0.122. The third kappa shape index (κ3) is 4.14. The van der Waals surface area contributed by atoms with Crippen molar-refractivity contribution in [3.8, 4) is 0 Å². The molecule has 1 atom stereocenters. The van der Waals surface area contributed by atoms with Crippen LogP contribution in [0.4, 0.5) is 4.39 Å². The molecule has 1 amide bonds. The van der Waals surface area contributed by atoms with E-state index in [0.717, 1.165) is 31.5 Å². The van der Waals surface area contributed by atoms with Crippen LogP contribution in [0.25, 0.3) is 0 Å². The molecule has 2 heterocycles. The molecule has 134 valence electrons. The van der Waals surface area contributed by atoms with Gasteiger partial charge in [-0.05, 0) is 30.5 Å². The van der Waals surface area contributed by atoms with Gasteiger partial charge in [0, 0.05) is 19.5 Å². The first-order chi connectivity index (χ1) is 12.0. The van der Waals surface area contributed by atoms with Crippen molar-refractivity contribution in [2.75, 3.05) is 6.54 Å². The van der Waals surface area contributed by atoms with E-state index in [4.69, 9.17) is 0 Å². The molecule has 0 spiro atoms. The Morgan fingerprint density at radius 1 is 1.28 bits per heavy atom. The Bertz CT molecular complexity index is 797. The Balaban J connectivity index is 1.58. The summed E-state index contributed by atoms with van der Waals surface area (Å²) in [5, 5.41) is 16.8. The Labute approximate surface area is 144 Å². The normalized spacial score (nSPS) is 15.3. The topological polar surface area (TPSA) is 89.2 Å². The average Bonchev–Trinajstić information content (AvgIpc) is 2.77. The van der Waals surface area contributed by atoms with E-state index in [9.17, 15) is 19.1 Å². The second kappa shape index (κ2) is 7.60. The van der Waals surface area contributed by atoms with Gasteiger partial charge in [-0.15, -0.1) is 0 Å². The summed E-state index contributed by atoms with van der Waals surface area (Å²) in [6, 6.07) is 5.42. The van der Waals surface area contributed by atoms with Crippen molar-refractivity contribution < 1.29 is 14.3 Å². The number of hydrogen-bond donors (Lipinski definition) is 2. The zero-order chi connectivity index (χ0) is 17.8. The highest BCUT2D eigenvalue weighted by Crippen LogP contribution is 2.12. The van der Waals surface area contributed by atoms with Gasteiger partial charge in [0.15, 0.2) is 0 Å². The van der Waals surface area contributed by atoms with E-state index in [1.807, 2.05) is 0 Å². The van der Waals surface area contributed by atoms with Crippen LogP contribution in [0.1, 0.15) is 36.8 Å². The number of amides is 1. The summed E-state index contributed by atoms with van der Waals surface area (Å²) < 4.78 is 15.7. The molecule has 7 nitrogen and oxygen atoms in total. The fraction of sp³-hybridized carbons (Fsp3) is 0.471. The Morgan fingerprint density at radius 2 is 2.04 bits per heavy atom. The molecule has 1 aromatic heterocycles. The minimum atomic E-state index is -0.944. The van der Waals surface area contributed by atoms with Gasteiger partial charge < -0.3 is 10.4 Å². The molecule has 0 saturated carbocycles. The molecule has 0 fully saturated rings. The average molecular weight is 348 g/mol. The smallest absolute Gasteiger partial charge is 0.346 e. The fourth-order valence-electron chi connectivity index (χ4n) is 2.93. The minimum Gasteiger partial charge on any atom is -0.387 e. The number of aryl methyl sites for hydroxylation is 1. The molecular formula is C17H21FN4O3. The molecule has 1 aromatic carbocycles. The lowest BCUT2D eigenvalue weighted by atomic mass is 10.1. The number of carbonyl (C=O) groups excluding carboxylic acids is 1. The van der Waals surface area contributed by atoms with Crippen LogP contribution in [0.2, 0.25) is 0 Å². The van der Waals surface area contributed by atoms with Crippen LogP contribution < -0.4 is 11.0 Å². The summed E-state index contributed by atoms with van der Waals surface area (Å²) in [7, 11) is 0. The van der Waals surface area contributed by atoms with E-state index in [1.165, 1.54) is 28.9 Å². The second-order valence-electron chi connectivity index (χ2n) is 6.19.